The zero-order valence-corrected chi connectivity index (χ0v) is 17.8. The molecule has 2 aliphatic rings. The molecule has 0 spiro atoms. The van der Waals surface area contributed by atoms with Crippen LogP contribution in [0, 0.1) is 5.92 Å². The monoisotopic (exact) mass is 434 g/mol. The van der Waals surface area contributed by atoms with Crippen LogP contribution in [-0.2, 0) is 11.3 Å². The average molecular weight is 435 g/mol. The molecular weight excluding hydrogens is 408 g/mol. The second-order valence-corrected chi connectivity index (χ2v) is 8.37. The molecule has 1 atom stereocenters. The van der Waals surface area contributed by atoms with Gasteiger partial charge < -0.3 is 10.2 Å². The molecule has 10 heteroatoms. The fraction of sp³-hybridized carbons (Fsp3) is 0.455. The molecule has 1 N–H and O–H groups in total. The molecule has 4 heterocycles. The Morgan fingerprint density at radius 2 is 1.97 bits per heavy atom. The second-order valence-electron chi connectivity index (χ2n) is 8.37. The van der Waals surface area contributed by atoms with Crippen LogP contribution in [-0.4, -0.2) is 55.3 Å². The molecular formula is C22H26N8O2. The van der Waals surface area contributed by atoms with E-state index in [-0.39, 0.29) is 17.4 Å². The van der Waals surface area contributed by atoms with Crippen molar-refractivity contribution in [1.29, 1.82) is 0 Å². The fourth-order valence-corrected chi connectivity index (χ4v) is 4.05. The zero-order chi connectivity index (χ0) is 21.9. The largest absolute Gasteiger partial charge is 0.354 e. The zero-order valence-electron chi connectivity index (χ0n) is 17.8. The summed E-state index contributed by atoms with van der Waals surface area (Å²) in [4.78, 5) is 27.0. The number of nitrogens with zero attached hydrogens (tertiary/aromatic N) is 7. The van der Waals surface area contributed by atoms with Gasteiger partial charge >= 0.3 is 0 Å². The van der Waals surface area contributed by atoms with Crippen molar-refractivity contribution in [2.24, 2.45) is 5.92 Å². The van der Waals surface area contributed by atoms with Crippen LogP contribution in [0.5, 0.6) is 0 Å². The van der Waals surface area contributed by atoms with Crippen LogP contribution in [0.2, 0.25) is 0 Å². The molecule has 32 heavy (non-hydrogen) atoms. The lowest BCUT2D eigenvalue weighted by Gasteiger charge is -2.32. The van der Waals surface area contributed by atoms with Crippen molar-refractivity contribution in [3.8, 4) is 5.82 Å². The van der Waals surface area contributed by atoms with E-state index in [1.807, 2.05) is 6.07 Å². The maximum Gasteiger partial charge on any atom is 0.266 e. The van der Waals surface area contributed by atoms with E-state index in [9.17, 15) is 9.59 Å². The molecule has 10 nitrogen and oxygen atoms in total. The van der Waals surface area contributed by atoms with Gasteiger partial charge in [-0.1, -0.05) is 0 Å². The van der Waals surface area contributed by atoms with Crippen molar-refractivity contribution in [1.82, 2.24) is 35.1 Å². The van der Waals surface area contributed by atoms with Crippen molar-refractivity contribution in [2.45, 2.75) is 38.1 Å². The number of hydrogen-bond donors (Lipinski definition) is 1. The van der Waals surface area contributed by atoms with Crippen LogP contribution in [0.25, 0.3) is 5.82 Å². The van der Waals surface area contributed by atoms with E-state index in [0.717, 1.165) is 30.9 Å². The first-order valence-corrected chi connectivity index (χ1v) is 11.1. The molecule has 1 aliphatic carbocycles. The molecule has 1 saturated carbocycles. The highest BCUT2D eigenvalue weighted by atomic mass is 16.2. The van der Waals surface area contributed by atoms with Gasteiger partial charge in [-0.15, -0.1) is 10.2 Å². The van der Waals surface area contributed by atoms with E-state index < -0.39 is 0 Å². The first kappa shape index (κ1) is 20.3. The normalized spacial score (nSPS) is 18.5. The van der Waals surface area contributed by atoms with E-state index in [4.69, 9.17) is 0 Å². The highest BCUT2D eigenvalue weighted by Crippen LogP contribution is 2.38. The summed E-state index contributed by atoms with van der Waals surface area (Å²) in [5.74, 6) is 1.84. The van der Waals surface area contributed by atoms with E-state index in [0.29, 0.717) is 31.4 Å². The number of amides is 1. The number of carbonyl (C=O) groups excluding carboxylic acids is 1. The summed E-state index contributed by atoms with van der Waals surface area (Å²) in [6.45, 7) is 2.13. The highest BCUT2D eigenvalue weighted by molar-refractivity contribution is 5.79. The van der Waals surface area contributed by atoms with Crippen LogP contribution in [0.3, 0.4) is 0 Å². The van der Waals surface area contributed by atoms with E-state index in [1.165, 1.54) is 23.6 Å². The SMILES string of the molecule is O=C(NCCn1nc(-n2cccn2)ccc1=O)[C@H]1CCCN(c2ccc(C3CC3)nn2)C1. The number of hydrogen-bond acceptors (Lipinski definition) is 7. The lowest BCUT2D eigenvalue weighted by atomic mass is 9.97. The maximum absolute atomic E-state index is 12.8. The second kappa shape index (κ2) is 8.89. The smallest absolute Gasteiger partial charge is 0.266 e. The molecule has 166 valence electrons. The summed E-state index contributed by atoms with van der Waals surface area (Å²) < 4.78 is 2.94. The number of anilines is 1. The van der Waals surface area contributed by atoms with Crippen molar-refractivity contribution in [3.63, 3.8) is 0 Å². The summed E-state index contributed by atoms with van der Waals surface area (Å²) in [6.07, 6.45) is 7.58. The molecule has 0 radical (unpaired) electrons. The van der Waals surface area contributed by atoms with Crippen LogP contribution in [0.15, 0.2) is 47.5 Å². The molecule has 1 aliphatic heterocycles. The molecule has 1 amide bonds. The number of aromatic nitrogens is 6. The topological polar surface area (TPSA) is 111 Å². The van der Waals surface area contributed by atoms with Gasteiger partial charge in [-0.3, -0.25) is 9.59 Å². The molecule has 5 rings (SSSR count). The van der Waals surface area contributed by atoms with Gasteiger partial charge in [0.05, 0.1) is 18.2 Å². The summed E-state index contributed by atoms with van der Waals surface area (Å²) >= 11 is 0. The maximum atomic E-state index is 12.8. The molecule has 1 saturated heterocycles. The van der Waals surface area contributed by atoms with Crippen molar-refractivity contribution in [3.05, 3.63) is 58.8 Å². The number of carbonyl (C=O) groups is 1. The first-order valence-electron chi connectivity index (χ1n) is 11.1. The van der Waals surface area contributed by atoms with E-state index >= 15 is 0 Å². The Labute approximate surface area is 185 Å². The predicted octanol–water partition coefficient (Wildman–Crippen LogP) is 1.13. The lowest BCUT2D eigenvalue weighted by molar-refractivity contribution is -0.125. The van der Waals surface area contributed by atoms with Crippen LogP contribution >= 0.6 is 0 Å². The van der Waals surface area contributed by atoms with Gasteiger partial charge in [0.25, 0.3) is 5.56 Å². The minimum atomic E-state index is -0.216. The van der Waals surface area contributed by atoms with Crippen molar-refractivity contribution < 1.29 is 4.79 Å². The molecule has 0 bridgehead atoms. The van der Waals surface area contributed by atoms with Crippen LogP contribution in [0.4, 0.5) is 5.82 Å². The van der Waals surface area contributed by atoms with Gasteiger partial charge in [-0.2, -0.15) is 10.2 Å². The Morgan fingerprint density at radius 1 is 1.09 bits per heavy atom. The minimum absolute atomic E-state index is 0.00598. The van der Waals surface area contributed by atoms with Crippen molar-refractivity contribution in [2.75, 3.05) is 24.5 Å². The van der Waals surface area contributed by atoms with Gasteiger partial charge in [-0.25, -0.2) is 9.36 Å². The van der Waals surface area contributed by atoms with E-state index in [1.54, 1.807) is 29.2 Å². The third kappa shape index (κ3) is 4.53. The molecule has 0 unspecified atom stereocenters. The number of rotatable bonds is 7. The lowest BCUT2D eigenvalue weighted by Crippen LogP contribution is -2.44. The van der Waals surface area contributed by atoms with Crippen LogP contribution in [0.1, 0.15) is 37.3 Å². The molecule has 3 aromatic rings. The summed E-state index contributed by atoms with van der Waals surface area (Å²) in [5.41, 5.74) is 0.854. The Kier molecular flexibility index (Phi) is 5.66. The number of nitrogens with one attached hydrogen (secondary N) is 1. The average Bonchev–Trinajstić information content (AvgIpc) is 3.54. The minimum Gasteiger partial charge on any atom is -0.354 e. The highest BCUT2D eigenvalue weighted by Gasteiger charge is 2.28. The quantitative estimate of drug-likeness (QED) is 0.593. The van der Waals surface area contributed by atoms with Crippen molar-refractivity contribution >= 4 is 11.7 Å². The summed E-state index contributed by atoms with van der Waals surface area (Å²) in [6, 6.07) is 8.96. The van der Waals surface area contributed by atoms with Crippen LogP contribution < -0.4 is 15.8 Å². The molecule has 2 fully saturated rings. The fourth-order valence-electron chi connectivity index (χ4n) is 4.05. The predicted molar refractivity (Wildman–Crippen MR) is 118 cm³/mol. The molecule has 0 aromatic carbocycles. The molecule has 3 aromatic heterocycles. The Bertz CT molecular complexity index is 1120. The van der Waals surface area contributed by atoms with Gasteiger partial charge in [-0.05, 0) is 49.9 Å². The van der Waals surface area contributed by atoms with Gasteiger partial charge in [0, 0.05) is 44.0 Å². The Morgan fingerprint density at radius 3 is 2.72 bits per heavy atom. The summed E-state index contributed by atoms with van der Waals surface area (Å²) in [5, 5.41) is 20.2. The summed E-state index contributed by atoms with van der Waals surface area (Å²) in [7, 11) is 0. The van der Waals surface area contributed by atoms with E-state index in [2.05, 4.69) is 36.7 Å². The standard InChI is InChI=1S/C22H26N8O2/c31-21-9-8-20(29-13-2-10-24-29)27-30(21)14-11-23-22(32)17-3-1-12-28(15-17)19-7-6-18(25-26-19)16-4-5-16/h2,6-10,13,16-17H,1,3-5,11-12,14-15H2,(H,23,32)/t17-/m0/s1. The third-order valence-electron chi connectivity index (χ3n) is 6.00. The van der Waals surface area contributed by atoms with Gasteiger partial charge in [0.1, 0.15) is 0 Å². The van der Waals surface area contributed by atoms with Gasteiger partial charge in [0.15, 0.2) is 11.6 Å². The Hall–Kier alpha value is -3.56. The first-order chi connectivity index (χ1) is 15.7. The Balaban J connectivity index is 1.16. The van der Waals surface area contributed by atoms with Gasteiger partial charge in [0.2, 0.25) is 5.91 Å². The number of piperidine rings is 1. The third-order valence-corrected chi connectivity index (χ3v) is 6.00.